The summed E-state index contributed by atoms with van der Waals surface area (Å²) in [6.07, 6.45) is 0.505. The normalized spacial score (nSPS) is 24.3. The molecule has 4 heteroatoms. The summed E-state index contributed by atoms with van der Waals surface area (Å²) in [5.41, 5.74) is 0. The molecule has 1 N–H and O–H groups in total. The van der Waals surface area contributed by atoms with Crippen LogP contribution in [0, 0.1) is 0 Å². The standard InChI is InChI=1S/C6H11NO3/c1-9-6(8)7-5-2-3-10-4-5/h5H,2-4H2,1H3,(H,7,8)/t5-/m1/s1. The number of amides is 1. The van der Waals surface area contributed by atoms with E-state index in [4.69, 9.17) is 4.74 Å². The Morgan fingerprint density at radius 3 is 3.10 bits per heavy atom. The Kier molecular flexibility index (Phi) is 2.50. The molecular formula is C6H11NO3. The molecule has 0 saturated carbocycles. The lowest BCUT2D eigenvalue weighted by atomic mass is 10.3. The van der Waals surface area contributed by atoms with Crippen LogP contribution in [0.15, 0.2) is 0 Å². The Hall–Kier alpha value is -0.770. The van der Waals surface area contributed by atoms with E-state index in [1.54, 1.807) is 0 Å². The molecule has 4 nitrogen and oxygen atoms in total. The fourth-order valence-corrected chi connectivity index (χ4v) is 0.874. The van der Waals surface area contributed by atoms with Crippen LogP contribution in [0.2, 0.25) is 0 Å². The van der Waals surface area contributed by atoms with Crippen molar-refractivity contribution in [2.75, 3.05) is 20.3 Å². The van der Waals surface area contributed by atoms with Gasteiger partial charge in [-0.05, 0) is 6.42 Å². The molecule has 58 valence electrons. The smallest absolute Gasteiger partial charge is 0.407 e. The Labute approximate surface area is 59.5 Å². The van der Waals surface area contributed by atoms with E-state index in [0.29, 0.717) is 6.61 Å². The zero-order valence-corrected chi connectivity index (χ0v) is 5.92. The number of alkyl carbamates (subject to hydrolysis) is 1. The van der Waals surface area contributed by atoms with E-state index in [1.165, 1.54) is 7.11 Å². The van der Waals surface area contributed by atoms with E-state index in [0.717, 1.165) is 13.0 Å². The molecule has 0 bridgehead atoms. The molecule has 0 radical (unpaired) electrons. The molecule has 1 aliphatic heterocycles. The monoisotopic (exact) mass is 145 g/mol. The van der Waals surface area contributed by atoms with Gasteiger partial charge in [0.15, 0.2) is 0 Å². The summed E-state index contributed by atoms with van der Waals surface area (Å²) >= 11 is 0. The lowest BCUT2D eigenvalue weighted by molar-refractivity contribution is 0.159. The first-order valence-corrected chi connectivity index (χ1v) is 3.25. The number of nitrogens with one attached hydrogen (secondary N) is 1. The van der Waals surface area contributed by atoms with Gasteiger partial charge >= 0.3 is 6.09 Å². The number of carbonyl (C=O) groups excluding carboxylic acids is 1. The van der Waals surface area contributed by atoms with E-state index < -0.39 is 0 Å². The van der Waals surface area contributed by atoms with Gasteiger partial charge in [0.25, 0.3) is 0 Å². The highest BCUT2D eigenvalue weighted by Crippen LogP contribution is 2.02. The summed E-state index contributed by atoms with van der Waals surface area (Å²) in [6, 6.07) is 0.146. The predicted octanol–water partition coefficient (Wildman–Crippen LogP) is 0.131. The van der Waals surface area contributed by atoms with E-state index in [-0.39, 0.29) is 12.1 Å². The highest BCUT2D eigenvalue weighted by molar-refractivity contribution is 5.67. The van der Waals surface area contributed by atoms with Crippen molar-refractivity contribution >= 4 is 6.09 Å². The molecule has 0 unspecified atom stereocenters. The van der Waals surface area contributed by atoms with Gasteiger partial charge in [-0.3, -0.25) is 0 Å². The van der Waals surface area contributed by atoms with Crippen molar-refractivity contribution in [2.24, 2.45) is 0 Å². The molecule has 1 saturated heterocycles. The maximum atomic E-state index is 10.6. The van der Waals surface area contributed by atoms with Crippen LogP contribution in [-0.4, -0.2) is 32.5 Å². The van der Waals surface area contributed by atoms with Crippen molar-refractivity contribution in [3.63, 3.8) is 0 Å². The number of hydrogen-bond donors (Lipinski definition) is 1. The van der Waals surface area contributed by atoms with E-state index in [1.807, 2.05) is 0 Å². The van der Waals surface area contributed by atoms with Crippen LogP contribution < -0.4 is 5.32 Å². The summed E-state index contributed by atoms with van der Waals surface area (Å²) in [5, 5.41) is 2.64. The molecule has 0 aromatic heterocycles. The topological polar surface area (TPSA) is 47.6 Å². The summed E-state index contributed by atoms with van der Waals surface area (Å²) in [6.45, 7) is 1.34. The molecule has 1 rings (SSSR count). The second-order valence-electron chi connectivity index (χ2n) is 2.20. The first-order chi connectivity index (χ1) is 4.83. The second kappa shape index (κ2) is 3.41. The van der Waals surface area contributed by atoms with Crippen LogP contribution in [-0.2, 0) is 9.47 Å². The van der Waals surface area contributed by atoms with Crippen molar-refractivity contribution in [1.82, 2.24) is 5.32 Å². The first kappa shape index (κ1) is 7.34. The Bertz CT molecular complexity index is 120. The molecule has 1 fully saturated rings. The van der Waals surface area contributed by atoms with Crippen molar-refractivity contribution in [3.8, 4) is 0 Å². The van der Waals surface area contributed by atoms with Crippen LogP contribution in [0.3, 0.4) is 0 Å². The molecule has 0 aromatic rings. The van der Waals surface area contributed by atoms with Crippen LogP contribution >= 0.6 is 0 Å². The summed E-state index contributed by atoms with van der Waals surface area (Å²) in [4.78, 5) is 10.6. The fourth-order valence-electron chi connectivity index (χ4n) is 0.874. The maximum Gasteiger partial charge on any atom is 0.407 e. The molecule has 0 spiro atoms. The van der Waals surface area contributed by atoms with Crippen molar-refractivity contribution in [3.05, 3.63) is 0 Å². The molecular weight excluding hydrogens is 134 g/mol. The minimum absolute atomic E-state index is 0.146. The van der Waals surface area contributed by atoms with Crippen molar-refractivity contribution in [2.45, 2.75) is 12.5 Å². The molecule has 1 atom stereocenters. The third-order valence-corrected chi connectivity index (χ3v) is 1.44. The van der Waals surface area contributed by atoms with E-state index in [2.05, 4.69) is 10.1 Å². The van der Waals surface area contributed by atoms with E-state index >= 15 is 0 Å². The largest absolute Gasteiger partial charge is 0.453 e. The van der Waals surface area contributed by atoms with Gasteiger partial charge in [0.2, 0.25) is 0 Å². The Balaban J connectivity index is 2.17. The number of rotatable bonds is 1. The van der Waals surface area contributed by atoms with Gasteiger partial charge in [0, 0.05) is 6.61 Å². The Morgan fingerprint density at radius 2 is 2.60 bits per heavy atom. The van der Waals surface area contributed by atoms with Crippen molar-refractivity contribution < 1.29 is 14.3 Å². The van der Waals surface area contributed by atoms with Gasteiger partial charge in [-0.15, -0.1) is 0 Å². The highest BCUT2D eigenvalue weighted by Gasteiger charge is 2.17. The second-order valence-corrected chi connectivity index (χ2v) is 2.20. The summed E-state index contributed by atoms with van der Waals surface area (Å²) in [5.74, 6) is 0. The molecule has 10 heavy (non-hydrogen) atoms. The highest BCUT2D eigenvalue weighted by atomic mass is 16.5. The number of carbonyl (C=O) groups is 1. The maximum absolute atomic E-state index is 10.6. The van der Waals surface area contributed by atoms with Gasteiger partial charge < -0.3 is 14.8 Å². The fraction of sp³-hybridized carbons (Fsp3) is 0.833. The number of ether oxygens (including phenoxy) is 2. The summed E-state index contributed by atoms with van der Waals surface area (Å²) in [7, 11) is 1.35. The average Bonchev–Trinajstić information content (AvgIpc) is 2.40. The van der Waals surface area contributed by atoms with Crippen LogP contribution in [0.5, 0.6) is 0 Å². The van der Waals surface area contributed by atoms with Crippen molar-refractivity contribution in [1.29, 1.82) is 0 Å². The SMILES string of the molecule is COC(=O)N[C@@H]1CCOC1. The third-order valence-electron chi connectivity index (χ3n) is 1.44. The zero-order valence-electron chi connectivity index (χ0n) is 5.92. The minimum atomic E-state index is -0.379. The Morgan fingerprint density at radius 1 is 1.80 bits per heavy atom. The quantitative estimate of drug-likeness (QED) is 0.570. The number of hydrogen-bond acceptors (Lipinski definition) is 3. The molecule has 1 aliphatic rings. The summed E-state index contributed by atoms with van der Waals surface area (Å²) < 4.78 is 9.44. The average molecular weight is 145 g/mol. The van der Waals surface area contributed by atoms with Gasteiger partial charge in [-0.2, -0.15) is 0 Å². The van der Waals surface area contributed by atoms with Crippen LogP contribution in [0.4, 0.5) is 4.79 Å². The number of methoxy groups -OCH3 is 1. The molecule has 1 heterocycles. The lowest BCUT2D eigenvalue weighted by Gasteiger charge is -2.07. The van der Waals surface area contributed by atoms with E-state index in [9.17, 15) is 4.79 Å². The van der Waals surface area contributed by atoms with Crippen LogP contribution in [0.25, 0.3) is 0 Å². The van der Waals surface area contributed by atoms with Gasteiger partial charge in [0.1, 0.15) is 0 Å². The molecule has 1 amide bonds. The third kappa shape index (κ3) is 1.88. The predicted molar refractivity (Wildman–Crippen MR) is 34.8 cm³/mol. The zero-order chi connectivity index (χ0) is 7.40. The van der Waals surface area contributed by atoms with Gasteiger partial charge in [-0.25, -0.2) is 4.79 Å². The van der Waals surface area contributed by atoms with Gasteiger partial charge in [0.05, 0.1) is 19.8 Å². The van der Waals surface area contributed by atoms with Gasteiger partial charge in [-0.1, -0.05) is 0 Å². The molecule has 0 aliphatic carbocycles. The first-order valence-electron chi connectivity index (χ1n) is 3.25. The minimum Gasteiger partial charge on any atom is -0.453 e. The lowest BCUT2D eigenvalue weighted by Crippen LogP contribution is -2.34. The van der Waals surface area contributed by atoms with Crippen LogP contribution in [0.1, 0.15) is 6.42 Å². The molecule has 0 aromatic carbocycles.